The van der Waals surface area contributed by atoms with Gasteiger partial charge in [0.15, 0.2) is 12.4 Å². The molecule has 2 heterocycles. The second kappa shape index (κ2) is 10.1. The van der Waals surface area contributed by atoms with Gasteiger partial charge in [-0.25, -0.2) is 0 Å². The van der Waals surface area contributed by atoms with Crippen LogP contribution in [0.15, 0.2) is 83.3 Å². The lowest BCUT2D eigenvalue weighted by Crippen LogP contribution is -2.48. The quantitative estimate of drug-likeness (QED) is 0.409. The van der Waals surface area contributed by atoms with Crippen LogP contribution < -0.4 is 15.0 Å². The van der Waals surface area contributed by atoms with E-state index in [2.05, 4.69) is 10.2 Å². The first kappa shape index (κ1) is 22.8. The highest BCUT2D eigenvalue weighted by Gasteiger charge is 2.24. The minimum absolute atomic E-state index is 0.0836. The molecule has 2 amide bonds. The zero-order valence-electron chi connectivity index (χ0n) is 18.9. The van der Waals surface area contributed by atoms with Crippen LogP contribution in [0.3, 0.4) is 0 Å². The molecule has 3 aromatic carbocycles. The number of ether oxygens (including phenoxy) is 1. The maximum absolute atomic E-state index is 12.9. The topological polar surface area (TPSA) is 75.0 Å². The summed E-state index contributed by atoms with van der Waals surface area (Å²) in [7, 11) is 0. The summed E-state index contributed by atoms with van der Waals surface area (Å²) >= 11 is 5.85. The number of nitrogens with zero attached hydrogens (tertiary/aromatic N) is 2. The number of benzene rings is 3. The minimum atomic E-state index is -0.245. The smallest absolute Gasteiger partial charge is 0.289 e. The normalized spacial score (nSPS) is 13.6. The van der Waals surface area contributed by atoms with Crippen LogP contribution in [0.4, 0.5) is 11.4 Å². The molecule has 0 unspecified atom stereocenters. The predicted molar refractivity (Wildman–Crippen MR) is 136 cm³/mol. The average molecular weight is 490 g/mol. The molecule has 5 rings (SSSR count). The summed E-state index contributed by atoms with van der Waals surface area (Å²) in [6.45, 7) is 2.55. The number of piperazine rings is 1. The third kappa shape index (κ3) is 5.41. The van der Waals surface area contributed by atoms with Crippen molar-refractivity contribution >= 4 is 45.8 Å². The van der Waals surface area contributed by atoms with Gasteiger partial charge in [-0.2, -0.15) is 0 Å². The molecule has 1 N–H and O–H groups in total. The fourth-order valence-corrected chi connectivity index (χ4v) is 4.17. The van der Waals surface area contributed by atoms with Crippen LogP contribution in [0.1, 0.15) is 10.6 Å². The van der Waals surface area contributed by atoms with Gasteiger partial charge < -0.3 is 24.3 Å². The van der Waals surface area contributed by atoms with Crippen molar-refractivity contribution in [3.8, 4) is 5.75 Å². The van der Waals surface area contributed by atoms with Crippen LogP contribution >= 0.6 is 11.6 Å². The standard InChI is InChI=1S/C27H24ClN3O4/c28-20-5-11-23(12-6-20)34-18-26(32)29-21-7-9-22(10-8-21)30-13-15-31(16-14-30)27(33)25-17-19-3-1-2-4-24(19)35-25/h1-12,17H,13-16,18H2,(H,29,32). The number of carbonyl (C=O) groups excluding carboxylic acids is 2. The summed E-state index contributed by atoms with van der Waals surface area (Å²) in [6, 6.07) is 23.9. The van der Waals surface area contributed by atoms with E-state index >= 15 is 0 Å². The van der Waals surface area contributed by atoms with Crippen molar-refractivity contribution < 1.29 is 18.7 Å². The number of hydrogen-bond donors (Lipinski definition) is 1. The number of nitrogens with one attached hydrogen (secondary N) is 1. The van der Waals surface area contributed by atoms with Crippen molar-refractivity contribution in [2.45, 2.75) is 0 Å². The molecule has 1 saturated heterocycles. The summed E-state index contributed by atoms with van der Waals surface area (Å²) in [6.07, 6.45) is 0. The molecule has 178 valence electrons. The molecular formula is C27H24ClN3O4. The van der Waals surface area contributed by atoms with Crippen molar-refractivity contribution in [1.29, 1.82) is 0 Å². The molecule has 1 aliphatic heterocycles. The molecule has 1 fully saturated rings. The molecule has 0 saturated carbocycles. The average Bonchev–Trinajstić information content (AvgIpc) is 3.33. The van der Waals surface area contributed by atoms with Crippen molar-refractivity contribution in [2.75, 3.05) is 43.0 Å². The Morgan fingerprint density at radius 2 is 1.63 bits per heavy atom. The van der Waals surface area contributed by atoms with E-state index < -0.39 is 0 Å². The van der Waals surface area contributed by atoms with Gasteiger partial charge in [0.1, 0.15) is 11.3 Å². The lowest BCUT2D eigenvalue weighted by Gasteiger charge is -2.35. The Morgan fingerprint density at radius 1 is 0.914 bits per heavy atom. The molecule has 0 aliphatic carbocycles. The number of rotatable bonds is 6. The summed E-state index contributed by atoms with van der Waals surface area (Å²) in [5.41, 5.74) is 2.45. The molecular weight excluding hydrogens is 466 g/mol. The van der Waals surface area contributed by atoms with Gasteiger partial charge in [0.05, 0.1) is 0 Å². The minimum Gasteiger partial charge on any atom is -0.484 e. The Hall–Kier alpha value is -3.97. The zero-order valence-corrected chi connectivity index (χ0v) is 19.7. The summed E-state index contributed by atoms with van der Waals surface area (Å²) in [5, 5.41) is 4.37. The molecule has 35 heavy (non-hydrogen) atoms. The highest BCUT2D eigenvalue weighted by molar-refractivity contribution is 6.30. The number of amides is 2. The number of anilines is 2. The van der Waals surface area contributed by atoms with E-state index in [1.54, 1.807) is 30.3 Å². The van der Waals surface area contributed by atoms with E-state index in [1.807, 2.05) is 53.4 Å². The number of para-hydroxylation sites is 1. The highest BCUT2D eigenvalue weighted by atomic mass is 35.5. The largest absolute Gasteiger partial charge is 0.484 e. The fraction of sp³-hybridized carbons (Fsp3) is 0.185. The van der Waals surface area contributed by atoms with Gasteiger partial charge in [0, 0.05) is 48.0 Å². The van der Waals surface area contributed by atoms with Gasteiger partial charge in [-0.15, -0.1) is 0 Å². The van der Waals surface area contributed by atoms with Gasteiger partial charge in [0.2, 0.25) is 0 Å². The first-order valence-electron chi connectivity index (χ1n) is 11.4. The molecule has 0 atom stereocenters. The Balaban J connectivity index is 1.11. The van der Waals surface area contributed by atoms with Crippen molar-refractivity contribution in [1.82, 2.24) is 4.90 Å². The molecule has 8 heteroatoms. The second-order valence-electron chi connectivity index (χ2n) is 8.27. The van der Waals surface area contributed by atoms with Gasteiger partial charge in [-0.1, -0.05) is 29.8 Å². The Labute approximate surface area is 207 Å². The molecule has 0 radical (unpaired) electrons. The zero-order chi connectivity index (χ0) is 24.2. The van der Waals surface area contributed by atoms with Crippen LogP contribution in [0.5, 0.6) is 5.75 Å². The summed E-state index contributed by atoms with van der Waals surface area (Å²) in [4.78, 5) is 29.1. The van der Waals surface area contributed by atoms with E-state index in [4.69, 9.17) is 20.8 Å². The number of furan rings is 1. The maximum Gasteiger partial charge on any atom is 0.289 e. The van der Waals surface area contributed by atoms with E-state index in [-0.39, 0.29) is 18.4 Å². The SMILES string of the molecule is O=C(COc1ccc(Cl)cc1)Nc1ccc(N2CCN(C(=O)c3cc4ccccc4o3)CC2)cc1. The molecule has 0 spiro atoms. The third-order valence-corrected chi connectivity index (χ3v) is 6.15. The van der Waals surface area contributed by atoms with Crippen LogP contribution in [-0.2, 0) is 4.79 Å². The number of hydrogen-bond acceptors (Lipinski definition) is 5. The molecule has 1 aliphatic rings. The molecule has 0 bridgehead atoms. The lowest BCUT2D eigenvalue weighted by molar-refractivity contribution is -0.118. The first-order valence-corrected chi connectivity index (χ1v) is 11.7. The van der Waals surface area contributed by atoms with Crippen LogP contribution in [0, 0.1) is 0 Å². The Morgan fingerprint density at radius 3 is 2.34 bits per heavy atom. The van der Waals surface area contributed by atoms with E-state index in [9.17, 15) is 9.59 Å². The van der Waals surface area contributed by atoms with Crippen molar-refractivity contribution in [3.05, 3.63) is 89.6 Å². The van der Waals surface area contributed by atoms with Gasteiger partial charge in [-0.05, 0) is 60.7 Å². The number of halogens is 1. The van der Waals surface area contributed by atoms with Gasteiger partial charge in [-0.3, -0.25) is 9.59 Å². The van der Waals surface area contributed by atoms with E-state index in [0.717, 1.165) is 16.7 Å². The Bertz CT molecular complexity index is 1290. The van der Waals surface area contributed by atoms with Crippen molar-refractivity contribution in [2.24, 2.45) is 0 Å². The highest BCUT2D eigenvalue weighted by Crippen LogP contribution is 2.23. The van der Waals surface area contributed by atoms with Crippen LogP contribution in [0.25, 0.3) is 11.0 Å². The predicted octanol–water partition coefficient (Wildman–Crippen LogP) is 5.07. The third-order valence-electron chi connectivity index (χ3n) is 5.90. The summed E-state index contributed by atoms with van der Waals surface area (Å²) in [5.74, 6) is 0.628. The van der Waals surface area contributed by atoms with E-state index in [1.165, 1.54) is 0 Å². The Kier molecular flexibility index (Phi) is 6.59. The fourth-order valence-electron chi connectivity index (χ4n) is 4.04. The molecule has 4 aromatic rings. The number of fused-ring (bicyclic) bond motifs is 1. The molecule has 7 nitrogen and oxygen atoms in total. The maximum atomic E-state index is 12.9. The lowest BCUT2D eigenvalue weighted by atomic mass is 10.2. The van der Waals surface area contributed by atoms with Gasteiger partial charge in [0.25, 0.3) is 11.8 Å². The van der Waals surface area contributed by atoms with Gasteiger partial charge >= 0.3 is 0 Å². The monoisotopic (exact) mass is 489 g/mol. The summed E-state index contributed by atoms with van der Waals surface area (Å²) < 4.78 is 11.2. The van der Waals surface area contributed by atoms with Crippen LogP contribution in [0.2, 0.25) is 5.02 Å². The first-order chi connectivity index (χ1) is 17.0. The molecule has 1 aromatic heterocycles. The van der Waals surface area contributed by atoms with E-state index in [0.29, 0.717) is 48.4 Å². The number of carbonyl (C=O) groups is 2. The second-order valence-corrected chi connectivity index (χ2v) is 8.70. The van der Waals surface area contributed by atoms with Crippen molar-refractivity contribution in [3.63, 3.8) is 0 Å². The van der Waals surface area contributed by atoms with Crippen LogP contribution in [-0.4, -0.2) is 49.5 Å².